The highest BCUT2D eigenvalue weighted by atomic mass is 19.1. The van der Waals surface area contributed by atoms with Crippen LogP contribution in [0.1, 0.15) is 73.4 Å². The first kappa shape index (κ1) is 30.4. The van der Waals surface area contributed by atoms with Gasteiger partial charge < -0.3 is 15.9 Å². The Kier molecular flexibility index (Phi) is 8.15. The van der Waals surface area contributed by atoms with Gasteiger partial charge in [-0.25, -0.2) is 4.39 Å². The average Bonchev–Trinajstić information content (AvgIpc) is 2.93. The number of ketones is 4. The van der Waals surface area contributed by atoms with E-state index in [0.29, 0.717) is 6.04 Å². The molecule has 0 spiro atoms. The molecule has 0 aromatic heterocycles. The molecule has 3 saturated carbocycles. The molecule has 1 aromatic carbocycles. The van der Waals surface area contributed by atoms with Crippen LogP contribution < -0.4 is 5.73 Å². The maximum Gasteiger partial charge on any atom is 0.235 e. The molecule has 42 heavy (non-hydrogen) atoms. The van der Waals surface area contributed by atoms with Gasteiger partial charge in [0.2, 0.25) is 5.91 Å². The lowest BCUT2D eigenvalue weighted by molar-refractivity contribution is -0.181. The number of carbonyl (C=O) groups is 5. The maximum atomic E-state index is 16.2. The van der Waals surface area contributed by atoms with E-state index in [1.54, 1.807) is 0 Å². The monoisotopic (exact) mass is 585 g/mol. The van der Waals surface area contributed by atoms with Crippen LogP contribution in [0.25, 0.3) is 0 Å². The number of nitrogens with zero attached hydrogens (tertiary/aromatic N) is 2. The molecule has 1 aromatic rings. The van der Waals surface area contributed by atoms with Gasteiger partial charge in [0, 0.05) is 29.6 Å². The van der Waals surface area contributed by atoms with Gasteiger partial charge in [-0.05, 0) is 64.7 Å². The van der Waals surface area contributed by atoms with Crippen LogP contribution in [0, 0.1) is 29.5 Å². The fourth-order valence-electron chi connectivity index (χ4n) is 8.17. The van der Waals surface area contributed by atoms with Crippen molar-refractivity contribution in [3.05, 3.63) is 28.6 Å². The lowest BCUT2D eigenvalue weighted by Crippen LogP contribution is -2.74. The van der Waals surface area contributed by atoms with E-state index >= 15 is 4.39 Å². The molecule has 3 fully saturated rings. The molecule has 10 nitrogen and oxygen atoms in total. The van der Waals surface area contributed by atoms with Gasteiger partial charge in [-0.15, -0.1) is 0 Å². The summed E-state index contributed by atoms with van der Waals surface area (Å²) < 4.78 is 16.2. The Hall–Kier alpha value is -3.02. The van der Waals surface area contributed by atoms with Crippen molar-refractivity contribution >= 4 is 29.0 Å². The highest BCUT2D eigenvalue weighted by Crippen LogP contribution is 2.51. The summed E-state index contributed by atoms with van der Waals surface area (Å²) in [6.45, 7) is 3.10. The summed E-state index contributed by atoms with van der Waals surface area (Å²) in [5.74, 6) is -12.1. The number of benzene rings is 1. The molecule has 1 amide bonds. The number of likely N-dealkylation sites (N-methyl/N-ethyl adjacent to an activating group) is 1. The maximum absolute atomic E-state index is 16.2. The van der Waals surface area contributed by atoms with E-state index in [2.05, 4.69) is 11.8 Å². The van der Waals surface area contributed by atoms with Crippen LogP contribution in [0.5, 0.6) is 5.75 Å². The summed E-state index contributed by atoms with van der Waals surface area (Å²) in [6.07, 6.45) is 6.13. The van der Waals surface area contributed by atoms with E-state index in [1.807, 2.05) is 0 Å². The Balaban J connectivity index is 1.54. The lowest BCUT2D eigenvalue weighted by Gasteiger charge is -2.52. The van der Waals surface area contributed by atoms with Gasteiger partial charge in [0.15, 0.2) is 34.7 Å². The number of amides is 1. The molecular weight excluding hydrogens is 545 g/mol. The second-order valence-corrected chi connectivity index (χ2v) is 12.8. The van der Waals surface area contributed by atoms with Crippen molar-refractivity contribution < 1.29 is 38.6 Å². The molecule has 228 valence electrons. The standard InChI is InChI=1S/C31H40FN3O7/c1-4-10-35(17-8-6-5-7-9-17)14-16-13-20(36)22-18(24(16)32)11-15-12-19-25(34(2)3)27(38)23(30(33)41)29(40)31(19,42)28(39)21(15)26(22)37/h13,15,17,19,21,23,25,36,42H,4-12,14H2,1-3H3,(H2,33,41)/t15-,19-,21?,23?,25-,31-/m0/s1. The number of phenolic OH excluding ortho intramolecular Hbond substituents is 1. The number of halogens is 1. The van der Waals surface area contributed by atoms with Crippen molar-refractivity contribution in [1.82, 2.24) is 9.80 Å². The fraction of sp³-hybridized carbons (Fsp3) is 0.645. The van der Waals surface area contributed by atoms with Crippen LogP contribution in [0.15, 0.2) is 6.07 Å². The smallest absolute Gasteiger partial charge is 0.235 e. The van der Waals surface area contributed by atoms with Gasteiger partial charge in [-0.2, -0.15) is 0 Å². The lowest BCUT2D eigenvalue weighted by atomic mass is 9.52. The number of fused-ring (bicyclic) bond motifs is 3. The normalized spacial score (nSPS) is 31.7. The number of Topliss-reactive ketones (excluding diaryl/α,β-unsaturated/α-hetero) is 4. The summed E-state index contributed by atoms with van der Waals surface area (Å²) >= 11 is 0. The van der Waals surface area contributed by atoms with Gasteiger partial charge in [-0.3, -0.25) is 33.8 Å². The average molecular weight is 586 g/mol. The number of hydrogen-bond acceptors (Lipinski definition) is 9. The van der Waals surface area contributed by atoms with Crippen LogP contribution in [-0.4, -0.2) is 87.4 Å². The number of aromatic hydroxyl groups is 1. The number of primary amides is 1. The predicted octanol–water partition coefficient (Wildman–Crippen LogP) is 1.55. The third-order valence-electron chi connectivity index (χ3n) is 10.0. The SMILES string of the molecule is CCCN(Cc1cc(O)c2c(c1F)C[C@H]1C[C@H]3[C@H](N(C)C)C(=O)C(C(N)=O)C(=O)[C@@]3(O)C(=O)C1C2=O)C1CCCCC1. The van der Waals surface area contributed by atoms with Crippen molar-refractivity contribution in [3.8, 4) is 5.75 Å². The van der Waals surface area contributed by atoms with Gasteiger partial charge in [0.05, 0.1) is 17.5 Å². The molecule has 6 atom stereocenters. The van der Waals surface area contributed by atoms with E-state index in [4.69, 9.17) is 5.73 Å². The Morgan fingerprint density at radius 1 is 1.12 bits per heavy atom. The van der Waals surface area contributed by atoms with Gasteiger partial charge in [-0.1, -0.05) is 26.2 Å². The van der Waals surface area contributed by atoms with Gasteiger partial charge in [0.1, 0.15) is 11.6 Å². The summed E-state index contributed by atoms with van der Waals surface area (Å²) in [5, 5.41) is 22.7. The first-order valence-corrected chi connectivity index (χ1v) is 15.0. The van der Waals surface area contributed by atoms with Crippen molar-refractivity contribution in [1.29, 1.82) is 0 Å². The molecule has 11 heteroatoms. The number of carbonyl (C=O) groups excluding carboxylic acids is 5. The predicted molar refractivity (Wildman–Crippen MR) is 149 cm³/mol. The number of phenols is 1. The second kappa shape index (κ2) is 11.2. The number of rotatable bonds is 7. The summed E-state index contributed by atoms with van der Waals surface area (Å²) in [5.41, 5.74) is 2.51. The summed E-state index contributed by atoms with van der Waals surface area (Å²) in [7, 11) is 3.04. The van der Waals surface area contributed by atoms with E-state index in [1.165, 1.54) is 31.5 Å². The molecule has 0 saturated heterocycles. The Bertz CT molecular complexity index is 1340. The first-order chi connectivity index (χ1) is 19.8. The molecule has 4 aliphatic rings. The number of nitrogens with two attached hydrogens (primary N) is 1. The largest absolute Gasteiger partial charge is 0.507 e. The molecule has 4 aliphatic carbocycles. The van der Waals surface area contributed by atoms with Crippen molar-refractivity contribution in [3.63, 3.8) is 0 Å². The highest BCUT2D eigenvalue weighted by molar-refractivity contribution is 6.32. The highest BCUT2D eigenvalue weighted by Gasteiger charge is 2.69. The minimum Gasteiger partial charge on any atom is -0.507 e. The first-order valence-electron chi connectivity index (χ1n) is 15.0. The van der Waals surface area contributed by atoms with Crippen LogP contribution in [-0.2, 0) is 32.1 Å². The molecule has 0 bridgehead atoms. The zero-order chi connectivity index (χ0) is 30.7. The minimum absolute atomic E-state index is 0.0134. The van der Waals surface area contributed by atoms with Crippen LogP contribution in [0.3, 0.4) is 0 Å². The quantitative estimate of drug-likeness (QED) is 0.404. The van der Waals surface area contributed by atoms with Crippen LogP contribution >= 0.6 is 0 Å². The number of aliphatic hydroxyl groups is 1. The van der Waals surface area contributed by atoms with Crippen molar-refractivity contribution in [2.45, 2.75) is 82.5 Å². The minimum atomic E-state index is -2.80. The van der Waals surface area contributed by atoms with E-state index in [0.717, 1.165) is 38.6 Å². The molecule has 4 N–H and O–H groups in total. The zero-order valence-corrected chi connectivity index (χ0v) is 24.4. The Labute approximate surface area is 244 Å². The molecule has 0 aliphatic heterocycles. The second-order valence-electron chi connectivity index (χ2n) is 12.8. The van der Waals surface area contributed by atoms with E-state index in [-0.39, 0.29) is 36.1 Å². The third kappa shape index (κ3) is 4.60. The van der Waals surface area contributed by atoms with E-state index < -0.39 is 75.9 Å². The van der Waals surface area contributed by atoms with Crippen LogP contribution in [0.2, 0.25) is 0 Å². The van der Waals surface area contributed by atoms with Gasteiger partial charge >= 0.3 is 0 Å². The molecule has 5 rings (SSSR count). The number of hydrogen-bond donors (Lipinski definition) is 3. The van der Waals surface area contributed by atoms with E-state index in [9.17, 15) is 34.2 Å². The summed E-state index contributed by atoms with van der Waals surface area (Å²) in [4.78, 5) is 70.0. The van der Waals surface area contributed by atoms with Crippen molar-refractivity contribution in [2.75, 3.05) is 20.6 Å². The Morgan fingerprint density at radius 3 is 2.38 bits per heavy atom. The fourth-order valence-corrected chi connectivity index (χ4v) is 8.17. The molecule has 0 heterocycles. The molecular formula is C31H40FN3O7. The Morgan fingerprint density at radius 2 is 1.79 bits per heavy atom. The topological polar surface area (TPSA) is 158 Å². The third-order valence-corrected chi connectivity index (χ3v) is 10.0. The van der Waals surface area contributed by atoms with Crippen LogP contribution in [0.4, 0.5) is 4.39 Å². The molecule has 2 unspecified atom stereocenters. The molecule has 0 radical (unpaired) electrons. The zero-order valence-electron chi connectivity index (χ0n) is 24.4. The van der Waals surface area contributed by atoms with Crippen molar-refractivity contribution in [2.24, 2.45) is 29.4 Å². The summed E-state index contributed by atoms with van der Waals surface area (Å²) in [6, 6.07) is 0.358. The van der Waals surface area contributed by atoms with Gasteiger partial charge in [0.25, 0.3) is 0 Å².